The van der Waals surface area contributed by atoms with Crippen molar-refractivity contribution in [2.45, 2.75) is 46.4 Å². The van der Waals surface area contributed by atoms with Gasteiger partial charge in [-0.15, -0.1) is 0 Å². The third kappa shape index (κ3) is 2.39. The number of carbonyl (C=O) groups excluding carboxylic acids is 1. The van der Waals surface area contributed by atoms with Gasteiger partial charge < -0.3 is 14.8 Å². The molecule has 1 amide bonds. The average molecular weight is 299 g/mol. The van der Waals surface area contributed by atoms with Crippen molar-refractivity contribution >= 4 is 16.7 Å². The molecule has 22 heavy (non-hydrogen) atoms. The quantitative estimate of drug-likeness (QED) is 0.937. The van der Waals surface area contributed by atoms with Crippen LogP contribution in [-0.4, -0.2) is 18.1 Å². The number of amides is 1. The molecule has 0 aliphatic carbocycles. The second kappa shape index (κ2) is 5.52. The first-order valence-electron chi connectivity index (χ1n) is 7.68. The predicted molar refractivity (Wildman–Crippen MR) is 86.6 cm³/mol. The Kier molecular flexibility index (Phi) is 3.69. The molecule has 1 heterocycles. The lowest BCUT2D eigenvalue weighted by molar-refractivity contribution is 0.0961. The van der Waals surface area contributed by atoms with Gasteiger partial charge in [0.25, 0.3) is 5.91 Å². The zero-order chi connectivity index (χ0) is 15.9. The first kappa shape index (κ1) is 14.7. The van der Waals surface area contributed by atoms with Crippen molar-refractivity contribution in [3.63, 3.8) is 0 Å². The number of carbonyl (C=O) groups is 1. The molecule has 2 aromatic carbocycles. The Morgan fingerprint density at radius 3 is 2.09 bits per heavy atom. The first-order valence-corrected chi connectivity index (χ1v) is 7.68. The van der Waals surface area contributed by atoms with E-state index < -0.39 is 0 Å². The topological polar surface area (TPSA) is 47.6 Å². The Labute approximate surface area is 130 Å². The molecule has 0 saturated heterocycles. The standard InChI is InChI=1S/C18H21NO3/c1-10(2)21-16-12-7-5-6-8-13(12)17(22-11(3)4)15-14(16)9-19-18(15)20/h5-8,10-11H,9H2,1-4H3,(H,19,20). The van der Waals surface area contributed by atoms with Crippen LogP contribution in [0.15, 0.2) is 24.3 Å². The number of rotatable bonds is 4. The molecule has 0 aromatic heterocycles. The normalized spacial score (nSPS) is 13.6. The zero-order valence-electron chi connectivity index (χ0n) is 13.4. The summed E-state index contributed by atoms with van der Waals surface area (Å²) in [5, 5.41) is 4.80. The summed E-state index contributed by atoms with van der Waals surface area (Å²) in [5.74, 6) is 1.35. The highest BCUT2D eigenvalue weighted by Crippen LogP contribution is 2.43. The molecular weight excluding hydrogens is 278 g/mol. The molecule has 4 heteroatoms. The van der Waals surface area contributed by atoms with E-state index >= 15 is 0 Å². The van der Waals surface area contributed by atoms with Crippen LogP contribution in [0.2, 0.25) is 0 Å². The molecule has 0 radical (unpaired) electrons. The van der Waals surface area contributed by atoms with Crippen LogP contribution in [-0.2, 0) is 6.54 Å². The van der Waals surface area contributed by atoms with E-state index in [0.717, 1.165) is 22.1 Å². The predicted octanol–water partition coefficient (Wildman–Crippen LogP) is 3.66. The summed E-state index contributed by atoms with van der Waals surface area (Å²) < 4.78 is 12.0. The Morgan fingerprint density at radius 2 is 1.50 bits per heavy atom. The van der Waals surface area contributed by atoms with Gasteiger partial charge in [-0.3, -0.25) is 4.79 Å². The van der Waals surface area contributed by atoms with Crippen molar-refractivity contribution in [2.75, 3.05) is 0 Å². The molecule has 116 valence electrons. The summed E-state index contributed by atoms with van der Waals surface area (Å²) >= 11 is 0. The lowest BCUT2D eigenvalue weighted by Gasteiger charge is -2.20. The number of hydrogen-bond acceptors (Lipinski definition) is 3. The van der Waals surface area contributed by atoms with Crippen LogP contribution in [0.5, 0.6) is 11.5 Å². The van der Waals surface area contributed by atoms with Gasteiger partial charge in [-0.1, -0.05) is 24.3 Å². The maximum Gasteiger partial charge on any atom is 0.255 e. The molecule has 0 unspecified atom stereocenters. The highest BCUT2D eigenvalue weighted by Gasteiger charge is 2.31. The van der Waals surface area contributed by atoms with Crippen molar-refractivity contribution in [1.29, 1.82) is 0 Å². The monoisotopic (exact) mass is 299 g/mol. The summed E-state index contributed by atoms with van der Waals surface area (Å²) in [6.45, 7) is 8.39. The van der Waals surface area contributed by atoms with Gasteiger partial charge >= 0.3 is 0 Å². The highest BCUT2D eigenvalue weighted by atomic mass is 16.5. The van der Waals surface area contributed by atoms with Crippen molar-refractivity contribution in [3.8, 4) is 11.5 Å². The Morgan fingerprint density at radius 1 is 0.955 bits per heavy atom. The van der Waals surface area contributed by atoms with E-state index in [-0.39, 0.29) is 18.1 Å². The van der Waals surface area contributed by atoms with E-state index in [4.69, 9.17) is 9.47 Å². The molecule has 0 spiro atoms. The Bertz CT molecular complexity index is 735. The van der Waals surface area contributed by atoms with Gasteiger partial charge in [0.05, 0.1) is 17.8 Å². The van der Waals surface area contributed by atoms with E-state index in [9.17, 15) is 4.79 Å². The summed E-state index contributed by atoms with van der Waals surface area (Å²) in [7, 11) is 0. The van der Waals surface area contributed by atoms with Gasteiger partial charge in [0.15, 0.2) is 0 Å². The molecule has 1 N–H and O–H groups in total. The molecule has 0 saturated carbocycles. The van der Waals surface area contributed by atoms with Crippen LogP contribution in [0, 0.1) is 0 Å². The fourth-order valence-corrected chi connectivity index (χ4v) is 2.82. The molecule has 0 atom stereocenters. The fourth-order valence-electron chi connectivity index (χ4n) is 2.82. The minimum Gasteiger partial charge on any atom is -0.490 e. The summed E-state index contributed by atoms with van der Waals surface area (Å²) in [4.78, 5) is 12.3. The number of ether oxygens (including phenoxy) is 2. The Hall–Kier alpha value is -2.23. The summed E-state index contributed by atoms with van der Waals surface area (Å²) in [6, 6.07) is 7.93. The van der Waals surface area contributed by atoms with Crippen molar-refractivity contribution in [3.05, 3.63) is 35.4 Å². The second-order valence-corrected chi connectivity index (χ2v) is 6.07. The van der Waals surface area contributed by atoms with E-state index in [1.807, 2.05) is 52.0 Å². The number of fused-ring (bicyclic) bond motifs is 2. The van der Waals surface area contributed by atoms with Gasteiger partial charge in [0.1, 0.15) is 11.5 Å². The van der Waals surface area contributed by atoms with Gasteiger partial charge in [0, 0.05) is 22.9 Å². The smallest absolute Gasteiger partial charge is 0.255 e. The summed E-state index contributed by atoms with van der Waals surface area (Å²) in [5.41, 5.74) is 1.51. The van der Waals surface area contributed by atoms with E-state index in [2.05, 4.69) is 5.32 Å². The van der Waals surface area contributed by atoms with Gasteiger partial charge in [-0.2, -0.15) is 0 Å². The minimum absolute atomic E-state index is 0.00206. The Balaban J connectivity index is 2.35. The molecule has 0 bridgehead atoms. The third-order valence-electron chi connectivity index (χ3n) is 3.58. The molecular formula is C18H21NO3. The van der Waals surface area contributed by atoms with E-state index in [1.165, 1.54) is 0 Å². The van der Waals surface area contributed by atoms with Crippen molar-refractivity contribution in [2.24, 2.45) is 0 Å². The number of nitrogens with one attached hydrogen (secondary N) is 1. The minimum atomic E-state index is -0.0926. The van der Waals surface area contributed by atoms with Crippen molar-refractivity contribution < 1.29 is 14.3 Å². The SMILES string of the molecule is CC(C)Oc1c2c(c(OC(C)C)c3ccccc13)C(=O)NC2. The number of benzene rings is 2. The molecule has 4 nitrogen and oxygen atoms in total. The molecule has 3 rings (SSSR count). The van der Waals surface area contributed by atoms with Crippen LogP contribution >= 0.6 is 0 Å². The third-order valence-corrected chi connectivity index (χ3v) is 3.58. The second-order valence-electron chi connectivity index (χ2n) is 6.07. The van der Waals surface area contributed by atoms with Crippen LogP contribution in [0.3, 0.4) is 0 Å². The van der Waals surface area contributed by atoms with Crippen LogP contribution in [0.4, 0.5) is 0 Å². The largest absolute Gasteiger partial charge is 0.490 e. The first-order chi connectivity index (χ1) is 10.5. The van der Waals surface area contributed by atoms with Gasteiger partial charge in [-0.25, -0.2) is 0 Å². The highest BCUT2D eigenvalue weighted by molar-refractivity contribution is 6.09. The molecule has 1 aliphatic rings. The van der Waals surface area contributed by atoms with E-state index in [1.54, 1.807) is 0 Å². The average Bonchev–Trinajstić information content (AvgIpc) is 2.84. The van der Waals surface area contributed by atoms with Crippen LogP contribution < -0.4 is 14.8 Å². The lowest BCUT2D eigenvalue weighted by atomic mass is 9.99. The van der Waals surface area contributed by atoms with Gasteiger partial charge in [-0.05, 0) is 27.7 Å². The van der Waals surface area contributed by atoms with Crippen LogP contribution in [0.1, 0.15) is 43.6 Å². The molecule has 0 fully saturated rings. The fraction of sp³-hybridized carbons (Fsp3) is 0.389. The summed E-state index contributed by atoms with van der Waals surface area (Å²) in [6.07, 6.45) is 0.0397. The van der Waals surface area contributed by atoms with Gasteiger partial charge in [0.2, 0.25) is 0 Å². The lowest BCUT2D eigenvalue weighted by Crippen LogP contribution is -2.15. The molecule has 2 aromatic rings. The molecule has 1 aliphatic heterocycles. The number of hydrogen-bond donors (Lipinski definition) is 1. The maximum atomic E-state index is 12.3. The van der Waals surface area contributed by atoms with Crippen LogP contribution in [0.25, 0.3) is 10.8 Å². The van der Waals surface area contributed by atoms with E-state index in [0.29, 0.717) is 17.9 Å². The van der Waals surface area contributed by atoms with Crippen molar-refractivity contribution in [1.82, 2.24) is 5.32 Å². The zero-order valence-corrected chi connectivity index (χ0v) is 13.4. The maximum absolute atomic E-state index is 12.3.